The lowest BCUT2D eigenvalue weighted by molar-refractivity contribution is 0.937. The second kappa shape index (κ2) is 5.37. The highest BCUT2D eigenvalue weighted by molar-refractivity contribution is 9.10. The van der Waals surface area contributed by atoms with Gasteiger partial charge < -0.3 is 10.3 Å². The van der Waals surface area contributed by atoms with E-state index in [9.17, 15) is 0 Å². The minimum absolute atomic E-state index is 0.676. The van der Waals surface area contributed by atoms with Gasteiger partial charge in [-0.3, -0.25) is 0 Å². The molecule has 2 N–H and O–H groups in total. The molecule has 2 aromatic carbocycles. The van der Waals surface area contributed by atoms with Crippen molar-refractivity contribution in [2.75, 3.05) is 5.73 Å². The van der Waals surface area contributed by atoms with Gasteiger partial charge in [0, 0.05) is 22.6 Å². The molecule has 0 fully saturated rings. The van der Waals surface area contributed by atoms with E-state index < -0.39 is 0 Å². The molecule has 0 aliphatic rings. The van der Waals surface area contributed by atoms with Crippen LogP contribution in [0.2, 0.25) is 0 Å². The molecule has 0 spiro atoms. The molecule has 0 radical (unpaired) electrons. The maximum atomic E-state index is 6.25. The fourth-order valence-corrected chi connectivity index (χ4v) is 2.61. The van der Waals surface area contributed by atoms with Crippen LogP contribution in [0, 0.1) is 6.92 Å². The summed E-state index contributed by atoms with van der Waals surface area (Å²) in [7, 11) is 1.94. The van der Waals surface area contributed by atoms with Crippen molar-refractivity contribution < 1.29 is 0 Å². The third kappa shape index (κ3) is 2.47. The number of rotatable bonds is 2. The Hall–Kier alpha value is -2.07. The Morgan fingerprint density at radius 1 is 1.05 bits per heavy atom. The number of imidazole rings is 1. The number of nitrogens with zero attached hydrogens (tertiary/aromatic N) is 2. The Labute approximate surface area is 132 Å². The topological polar surface area (TPSA) is 43.8 Å². The number of hydrogen-bond acceptors (Lipinski definition) is 2. The van der Waals surface area contributed by atoms with Crippen molar-refractivity contribution in [3.05, 3.63) is 58.6 Å². The zero-order valence-corrected chi connectivity index (χ0v) is 13.6. The normalized spacial score (nSPS) is 10.8. The van der Waals surface area contributed by atoms with Crippen molar-refractivity contribution in [3.8, 4) is 22.6 Å². The van der Waals surface area contributed by atoms with Gasteiger partial charge >= 0.3 is 0 Å². The van der Waals surface area contributed by atoms with E-state index in [0.717, 1.165) is 27.1 Å². The highest BCUT2D eigenvalue weighted by atomic mass is 79.9. The van der Waals surface area contributed by atoms with E-state index in [0.29, 0.717) is 5.82 Å². The van der Waals surface area contributed by atoms with Crippen molar-refractivity contribution in [1.29, 1.82) is 0 Å². The molecule has 21 heavy (non-hydrogen) atoms. The number of hydrogen-bond donors (Lipinski definition) is 1. The van der Waals surface area contributed by atoms with E-state index in [-0.39, 0.29) is 0 Å². The van der Waals surface area contributed by atoms with Gasteiger partial charge in [-0.15, -0.1) is 0 Å². The predicted octanol–water partition coefficient (Wildman–Crippen LogP) is 4.41. The molecule has 0 atom stereocenters. The lowest BCUT2D eigenvalue weighted by Crippen LogP contribution is -1.98. The number of nitrogen functional groups attached to an aromatic ring is 1. The van der Waals surface area contributed by atoms with Crippen LogP contribution in [0.25, 0.3) is 22.6 Å². The summed E-state index contributed by atoms with van der Waals surface area (Å²) in [6.45, 7) is 2.06. The summed E-state index contributed by atoms with van der Waals surface area (Å²) in [6, 6.07) is 16.2. The van der Waals surface area contributed by atoms with E-state index in [4.69, 9.17) is 10.7 Å². The highest BCUT2D eigenvalue weighted by Gasteiger charge is 2.15. The Morgan fingerprint density at radius 2 is 1.76 bits per heavy atom. The molecular weight excluding hydrogens is 326 g/mol. The van der Waals surface area contributed by atoms with Crippen LogP contribution in [0.3, 0.4) is 0 Å². The SMILES string of the molecule is Cc1cc(-c2nc(-c3ccccc3)n(C)c2N)ccc1Br. The van der Waals surface area contributed by atoms with Crippen molar-refractivity contribution in [2.24, 2.45) is 7.05 Å². The second-order valence-electron chi connectivity index (χ2n) is 5.06. The van der Waals surface area contributed by atoms with Crippen LogP contribution < -0.4 is 5.73 Å². The maximum absolute atomic E-state index is 6.25. The van der Waals surface area contributed by atoms with Gasteiger partial charge in [0.15, 0.2) is 0 Å². The summed E-state index contributed by atoms with van der Waals surface area (Å²) in [6.07, 6.45) is 0. The summed E-state index contributed by atoms with van der Waals surface area (Å²) in [4.78, 5) is 4.74. The zero-order valence-electron chi connectivity index (χ0n) is 12.0. The van der Waals surface area contributed by atoms with Gasteiger partial charge in [0.25, 0.3) is 0 Å². The van der Waals surface area contributed by atoms with Crippen molar-refractivity contribution >= 4 is 21.7 Å². The fourth-order valence-electron chi connectivity index (χ4n) is 2.36. The predicted molar refractivity (Wildman–Crippen MR) is 90.9 cm³/mol. The average molecular weight is 342 g/mol. The Kier molecular flexibility index (Phi) is 3.55. The van der Waals surface area contributed by atoms with Crippen LogP contribution in [-0.4, -0.2) is 9.55 Å². The van der Waals surface area contributed by atoms with Crippen molar-refractivity contribution in [3.63, 3.8) is 0 Å². The maximum Gasteiger partial charge on any atom is 0.142 e. The largest absolute Gasteiger partial charge is 0.383 e. The zero-order chi connectivity index (χ0) is 15.0. The first-order chi connectivity index (χ1) is 10.1. The van der Waals surface area contributed by atoms with Crippen molar-refractivity contribution in [1.82, 2.24) is 9.55 Å². The van der Waals surface area contributed by atoms with Crippen LogP contribution in [0.5, 0.6) is 0 Å². The number of halogens is 1. The molecule has 4 heteroatoms. The number of nitrogens with two attached hydrogens (primary N) is 1. The number of benzene rings is 2. The molecule has 3 nitrogen and oxygen atoms in total. The molecule has 1 heterocycles. The molecule has 0 bridgehead atoms. The molecule has 0 aliphatic heterocycles. The van der Waals surface area contributed by atoms with Crippen LogP contribution in [-0.2, 0) is 7.05 Å². The standard InChI is InChI=1S/C17H16BrN3/c1-11-10-13(8-9-14(11)18)15-16(19)21(2)17(20-15)12-6-4-3-5-7-12/h3-10H,19H2,1-2H3. The first-order valence-electron chi connectivity index (χ1n) is 6.72. The summed E-state index contributed by atoms with van der Waals surface area (Å²) >= 11 is 3.52. The molecular formula is C17H16BrN3. The van der Waals surface area contributed by atoms with Crippen LogP contribution in [0.1, 0.15) is 5.56 Å². The summed E-state index contributed by atoms with van der Waals surface area (Å²) in [5, 5.41) is 0. The molecule has 0 saturated carbocycles. The summed E-state index contributed by atoms with van der Waals surface area (Å²) < 4.78 is 3.02. The van der Waals surface area contributed by atoms with Gasteiger partial charge in [-0.2, -0.15) is 0 Å². The molecule has 106 valence electrons. The highest BCUT2D eigenvalue weighted by Crippen LogP contribution is 2.32. The quantitative estimate of drug-likeness (QED) is 0.750. The van der Waals surface area contributed by atoms with Crippen molar-refractivity contribution in [2.45, 2.75) is 6.92 Å². The minimum atomic E-state index is 0.676. The summed E-state index contributed by atoms with van der Waals surface area (Å²) in [5.74, 6) is 1.55. The fraction of sp³-hybridized carbons (Fsp3) is 0.118. The Bertz CT molecular complexity index is 791. The average Bonchev–Trinajstić information content (AvgIpc) is 2.79. The van der Waals surface area contributed by atoms with E-state index in [1.807, 2.05) is 54.1 Å². The molecule has 0 saturated heterocycles. The second-order valence-corrected chi connectivity index (χ2v) is 5.91. The van der Waals surface area contributed by atoms with Crippen LogP contribution in [0.4, 0.5) is 5.82 Å². The van der Waals surface area contributed by atoms with E-state index in [1.165, 1.54) is 5.56 Å². The molecule has 3 rings (SSSR count). The van der Waals surface area contributed by atoms with E-state index in [2.05, 4.69) is 28.9 Å². The lowest BCUT2D eigenvalue weighted by Gasteiger charge is -2.03. The molecule has 0 aliphatic carbocycles. The van der Waals surface area contributed by atoms with Crippen LogP contribution in [0.15, 0.2) is 53.0 Å². The molecule has 1 aromatic heterocycles. The lowest BCUT2D eigenvalue weighted by atomic mass is 10.1. The number of anilines is 1. The third-order valence-electron chi connectivity index (χ3n) is 3.60. The Balaban J connectivity index is 2.15. The molecule has 0 amide bonds. The van der Waals surface area contributed by atoms with Gasteiger partial charge in [-0.05, 0) is 24.6 Å². The first-order valence-corrected chi connectivity index (χ1v) is 7.51. The minimum Gasteiger partial charge on any atom is -0.383 e. The van der Waals surface area contributed by atoms with E-state index >= 15 is 0 Å². The van der Waals surface area contributed by atoms with Gasteiger partial charge in [-0.25, -0.2) is 4.98 Å². The van der Waals surface area contributed by atoms with Crippen LogP contribution >= 0.6 is 15.9 Å². The smallest absolute Gasteiger partial charge is 0.142 e. The number of aromatic nitrogens is 2. The first kappa shape index (κ1) is 13.9. The Morgan fingerprint density at radius 3 is 2.43 bits per heavy atom. The molecule has 3 aromatic rings. The van der Waals surface area contributed by atoms with Gasteiger partial charge in [0.2, 0.25) is 0 Å². The van der Waals surface area contributed by atoms with Gasteiger partial charge in [-0.1, -0.05) is 52.3 Å². The summed E-state index contributed by atoms with van der Waals surface area (Å²) in [5.41, 5.74) is 10.3. The number of aryl methyl sites for hydroxylation is 1. The third-order valence-corrected chi connectivity index (χ3v) is 4.49. The monoisotopic (exact) mass is 341 g/mol. The molecule has 0 unspecified atom stereocenters. The van der Waals surface area contributed by atoms with Gasteiger partial charge in [0.05, 0.1) is 0 Å². The van der Waals surface area contributed by atoms with Gasteiger partial charge in [0.1, 0.15) is 17.3 Å². The van der Waals surface area contributed by atoms with E-state index in [1.54, 1.807) is 0 Å².